The number of carbonyl (C=O) groups excluding carboxylic acids is 1. The second kappa shape index (κ2) is 5.67. The number of carbonyl (C=O) groups is 1. The molecule has 1 aliphatic heterocycles. The second-order valence-corrected chi connectivity index (χ2v) is 6.37. The summed E-state index contributed by atoms with van der Waals surface area (Å²) in [7, 11) is 0. The summed E-state index contributed by atoms with van der Waals surface area (Å²) in [5.74, 6) is 0.562. The highest BCUT2D eigenvalue weighted by Gasteiger charge is 2.26. The molecule has 1 unspecified atom stereocenters. The summed E-state index contributed by atoms with van der Waals surface area (Å²) in [5.41, 5.74) is 6.39. The molecule has 2 N–H and O–H groups in total. The molecule has 1 heterocycles. The summed E-state index contributed by atoms with van der Waals surface area (Å²) >= 11 is 5.65. The maximum atomic E-state index is 12.3. The standard InChI is InChI=1S/C12H14BrIN2O/c13-11-2-1-9(14)5-10(11)12(17)16-4-3-8(6-15)7-16/h1-2,5,8H,3-4,6-7,15H2. The summed E-state index contributed by atoms with van der Waals surface area (Å²) in [5, 5.41) is 0. The molecule has 1 aromatic carbocycles. The van der Waals surface area contributed by atoms with E-state index in [1.54, 1.807) is 0 Å². The van der Waals surface area contributed by atoms with E-state index in [0.717, 1.165) is 33.1 Å². The topological polar surface area (TPSA) is 46.3 Å². The Hall–Kier alpha value is -0.140. The van der Waals surface area contributed by atoms with Crippen LogP contribution in [0.3, 0.4) is 0 Å². The van der Waals surface area contributed by atoms with E-state index in [1.807, 2.05) is 23.1 Å². The Kier molecular flexibility index (Phi) is 4.43. The lowest BCUT2D eigenvalue weighted by molar-refractivity contribution is 0.0786. The van der Waals surface area contributed by atoms with E-state index >= 15 is 0 Å². The Morgan fingerprint density at radius 2 is 2.35 bits per heavy atom. The molecule has 92 valence electrons. The maximum absolute atomic E-state index is 12.3. The van der Waals surface area contributed by atoms with Gasteiger partial charge in [-0.1, -0.05) is 0 Å². The van der Waals surface area contributed by atoms with Crippen LogP contribution >= 0.6 is 38.5 Å². The zero-order chi connectivity index (χ0) is 12.4. The summed E-state index contributed by atoms with van der Waals surface area (Å²) in [6, 6.07) is 5.82. The molecule has 2 rings (SSSR count). The van der Waals surface area contributed by atoms with Gasteiger partial charge < -0.3 is 10.6 Å². The van der Waals surface area contributed by atoms with E-state index < -0.39 is 0 Å². The van der Waals surface area contributed by atoms with Gasteiger partial charge in [-0.25, -0.2) is 0 Å². The average molecular weight is 409 g/mol. The molecule has 1 saturated heterocycles. The lowest BCUT2D eigenvalue weighted by Crippen LogP contribution is -2.30. The highest BCUT2D eigenvalue weighted by molar-refractivity contribution is 14.1. The number of hydrogen-bond acceptors (Lipinski definition) is 2. The van der Waals surface area contributed by atoms with Crippen molar-refractivity contribution in [3.8, 4) is 0 Å². The van der Waals surface area contributed by atoms with Gasteiger partial charge in [0.25, 0.3) is 5.91 Å². The van der Waals surface area contributed by atoms with Crippen LogP contribution in [0.15, 0.2) is 22.7 Å². The zero-order valence-electron chi connectivity index (χ0n) is 9.33. The number of halogens is 2. The fourth-order valence-electron chi connectivity index (χ4n) is 2.04. The van der Waals surface area contributed by atoms with Crippen molar-refractivity contribution in [2.24, 2.45) is 11.7 Å². The van der Waals surface area contributed by atoms with Crippen molar-refractivity contribution in [3.05, 3.63) is 31.8 Å². The molecule has 0 aliphatic carbocycles. The van der Waals surface area contributed by atoms with Crippen LogP contribution in [0.4, 0.5) is 0 Å². The Morgan fingerprint density at radius 3 is 3.00 bits per heavy atom. The number of benzene rings is 1. The summed E-state index contributed by atoms with van der Waals surface area (Å²) in [6.45, 7) is 2.27. The van der Waals surface area contributed by atoms with Crippen LogP contribution in [-0.2, 0) is 0 Å². The number of nitrogens with zero attached hydrogens (tertiary/aromatic N) is 1. The number of rotatable bonds is 2. The molecule has 1 atom stereocenters. The largest absolute Gasteiger partial charge is 0.338 e. The lowest BCUT2D eigenvalue weighted by Gasteiger charge is -2.17. The fourth-order valence-corrected chi connectivity index (χ4v) is 2.95. The van der Waals surface area contributed by atoms with Gasteiger partial charge in [0.2, 0.25) is 0 Å². The Morgan fingerprint density at radius 1 is 1.59 bits per heavy atom. The van der Waals surface area contributed by atoms with Crippen LogP contribution in [-0.4, -0.2) is 30.4 Å². The minimum absolute atomic E-state index is 0.103. The highest BCUT2D eigenvalue weighted by atomic mass is 127. The lowest BCUT2D eigenvalue weighted by atomic mass is 10.1. The molecule has 0 aromatic heterocycles. The highest BCUT2D eigenvalue weighted by Crippen LogP contribution is 2.24. The van der Waals surface area contributed by atoms with Crippen LogP contribution in [0, 0.1) is 9.49 Å². The normalized spacial score (nSPS) is 19.7. The van der Waals surface area contributed by atoms with Crippen LogP contribution in [0.5, 0.6) is 0 Å². The van der Waals surface area contributed by atoms with E-state index in [2.05, 4.69) is 38.5 Å². The molecule has 1 aromatic rings. The summed E-state index contributed by atoms with van der Waals surface area (Å²) in [4.78, 5) is 14.2. The predicted molar refractivity (Wildman–Crippen MR) is 79.9 cm³/mol. The number of nitrogens with two attached hydrogens (primary N) is 1. The van der Waals surface area contributed by atoms with Gasteiger partial charge in [-0.3, -0.25) is 4.79 Å². The Bertz CT molecular complexity index is 439. The Labute approximate surface area is 123 Å². The van der Waals surface area contributed by atoms with Crippen molar-refractivity contribution in [2.45, 2.75) is 6.42 Å². The van der Waals surface area contributed by atoms with Gasteiger partial charge in [0, 0.05) is 21.1 Å². The van der Waals surface area contributed by atoms with E-state index in [9.17, 15) is 4.79 Å². The number of amides is 1. The molecule has 0 saturated carbocycles. The van der Waals surface area contributed by atoms with Crippen LogP contribution in [0.1, 0.15) is 16.8 Å². The van der Waals surface area contributed by atoms with Crippen LogP contribution < -0.4 is 5.73 Å². The predicted octanol–water partition coefficient (Wildman–Crippen LogP) is 2.47. The van der Waals surface area contributed by atoms with Crippen molar-refractivity contribution >= 4 is 44.4 Å². The van der Waals surface area contributed by atoms with Gasteiger partial charge in [-0.05, 0) is 75.6 Å². The molecule has 5 heteroatoms. The minimum Gasteiger partial charge on any atom is -0.338 e. The van der Waals surface area contributed by atoms with E-state index in [0.29, 0.717) is 12.5 Å². The third-order valence-corrected chi connectivity index (χ3v) is 4.43. The Balaban J connectivity index is 2.17. The van der Waals surface area contributed by atoms with Gasteiger partial charge >= 0.3 is 0 Å². The van der Waals surface area contributed by atoms with Crippen molar-refractivity contribution < 1.29 is 4.79 Å². The smallest absolute Gasteiger partial charge is 0.255 e. The quantitative estimate of drug-likeness (QED) is 0.764. The first-order valence-electron chi connectivity index (χ1n) is 5.56. The molecule has 1 fully saturated rings. The monoisotopic (exact) mass is 408 g/mol. The number of likely N-dealkylation sites (tertiary alicyclic amines) is 1. The maximum Gasteiger partial charge on any atom is 0.255 e. The van der Waals surface area contributed by atoms with E-state index in [-0.39, 0.29) is 5.91 Å². The van der Waals surface area contributed by atoms with E-state index in [1.165, 1.54) is 0 Å². The molecule has 0 spiro atoms. The van der Waals surface area contributed by atoms with Gasteiger partial charge in [-0.15, -0.1) is 0 Å². The van der Waals surface area contributed by atoms with Crippen molar-refractivity contribution in [2.75, 3.05) is 19.6 Å². The molecule has 3 nitrogen and oxygen atoms in total. The first-order chi connectivity index (χ1) is 8.11. The van der Waals surface area contributed by atoms with Gasteiger partial charge in [-0.2, -0.15) is 0 Å². The van der Waals surface area contributed by atoms with Crippen molar-refractivity contribution in [3.63, 3.8) is 0 Å². The van der Waals surface area contributed by atoms with Crippen molar-refractivity contribution in [1.29, 1.82) is 0 Å². The molecular formula is C12H14BrIN2O. The first-order valence-corrected chi connectivity index (χ1v) is 7.43. The van der Waals surface area contributed by atoms with Crippen LogP contribution in [0.25, 0.3) is 0 Å². The zero-order valence-corrected chi connectivity index (χ0v) is 13.1. The van der Waals surface area contributed by atoms with Crippen LogP contribution in [0.2, 0.25) is 0 Å². The third kappa shape index (κ3) is 3.00. The van der Waals surface area contributed by atoms with E-state index in [4.69, 9.17) is 5.73 Å². The number of hydrogen-bond donors (Lipinski definition) is 1. The molecule has 0 radical (unpaired) electrons. The molecule has 1 amide bonds. The molecule has 0 bridgehead atoms. The minimum atomic E-state index is 0.103. The van der Waals surface area contributed by atoms with Gasteiger partial charge in [0.1, 0.15) is 0 Å². The SMILES string of the molecule is NCC1CCN(C(=O)c2cc(I)ccc2Br)C1. The van der Waals surface area contributed by atoms with Gasteiger partial charge in [0.05, 0.1) is 5.56 Å². The molecule has 17 heavy (non-hydrogen) atoms. The van der Waals surface area contributed by atoms with Gasteiger partial charge in [0.15, 0.2) is 0 Å². The average Bonchev–Trinajstić information content (AvgIpc) is 2.80. The second-order valence-electron chi connectivity index (χ2n) is 4.27. The first kappa shape index (κ1) is 13.3. The summed E-state index contributed by atoms with van der Waals surface area (Å²) < 4.78 is 1.93. The summed E-state index contributed by atoms with van der Waals surface area (Å²) in [6.07, 6.45) is 1.02. The van der Waals surface area contributed by atoms with Crippen molar-refractivity contribution in [1.82, 2.24) is 4.90 Å². The fraction of sp³-hybridized carbons (Fsp3) is 0.417. The third-order valence-electron chi connectivity index (χ3n) is 3.07. The molecular weight excluding hydrogens is 395 g/mol. The molecule has 1 aliphatic rings.